The molecular formula is C18H21FN2O2. The number of carbonyl (C=O) groups excluding carboxylic acids is 1. The highest BCUT2D eigenvalue weighted by Crippen LogP contribution is 2.13. The summed E-state index contributed by atoms with van der Waals surface area (Å²) >= 11 is 0. The number of rotatable bonds is 8. The van der Waals surface area contributed by atoms with Gasteiger partial charge in [0.2, 0.25) is 5.91 Å². The van der Waals surface area contributed by atoms with Crippen LogP contribution in [0.1, 0.15) is 24.0 Å². The molecule has 2 rings (SSSR count). The lowest BCUT2D eigenvalue weighted by Crippen LogP contribution is -2.31. The van der Waals surface area contributed by atoms with Crippen molar-refractivity contribution in [3.63, 3.8) is 0 Å². The number of anilines is 1. The zero-order chi connectivity index (χ0) is 16.7. The number of primary amides is 1. The van der Waals surface area contributed by atoms with Crippen LogP contribution < -0.4 is 11.5 Å². The molecule has 23 heavy (non-hydrogen) atoms. The molecule has 0 heterocycles. The van der Waals surface area contributed by atoms with Crippen LogP contribution in [0.15, 0.2) is 48.5 Å². The van der Waals surface area contributed by atoms with Crippen LogP contribution in [0.4, 0.5) is 10.1 Å². The van der Waals surface area contributed by atoms with E-state index in [9.17, 15) is 9.18 Å². The van der Waals surface area contributed by atoms with Gasteiger partial charge in [0.1, 0.15) is 11.9 Å². The van der Waals surface area contributed by atoms with Gasteiger partial charge in [0.05, 0.1) is 6.61 Å². The molecule has 1 atom stereocenters. The normalized spacial score (nSPS) is 12.0. The molecule has 0 aromatic heterocycles. The molecule has 4 nitrogen and oxygen atoms in total. The minimum Gasteiger partial charge on any atom is -0.399 e. The molecule has 0 saturated carbocycles. The second-order valence-corrected chi connectivity index (χ2v) is 5.46. The van der Waals surface area contributed by atoms with Gasteiger partial charge in [-0.1, -0.05) is 24.3 Å². The number of carbonyl (C=O) groups is 1. The first-order chi connectivity index (χ1) is 11.0. The third kappa shape index (κ3) is 5.71. The van der Waals surface area contributed by atoms with Crippen molar-refractivity contribution in [2.24, 2.45) is 5.73 Å². The lowest BCUT2D eigenvalue weighted by molar-refractivity contribution is -0.130. The predicted molar refractivity (Wildman–Crippen MR) is 88.0 cm³/mol. The average molecular weight is 316 g/mol. The Kier molecular flexibility index (Phi) is 6.11. The molecule has 0 aliphatic heterocycles. The molecule has 0 bridgehead atoms. The van der Waals surface area contributed by atoms with Gasteiger partial charge in [0, 0.05) is 5.69 Å². The second kappa shape index (κ2) is 8.29. The van der Waals surface area contributed by atoms with Crippen molar-refractivity contribution in [3.8, 4) is 0 Å². The summed E-state index contributed by atoms with van der Waals surface area (Å²) < 4.78 is 18.4. The van der Waals surface area contributed by atoms with E-state index in [-0.39, 0.29) is 12.4 Å². The first-order valence-corrected chi connectivity index (χ1v) is 7.54. The van der Waals surface area contributed by atoms with Crippen LogP contribution in [0.3, 0.4) is 0 Å². The fraction of sp³-hybridized carbons (Fsp3) is 0.278. The largest absolute Gasteiger partial charge is 0.399 e. The van der Waals surface area contributed by atoms with Crippen molar-refractivity contribution in [2.75, 3.05) is 5.73 Å². The van der Waals surface area contributed by atoms with Gasteiger partial charge in [-0.15, -0.1) is 0 Å². The average Bonchev–Trinajstić information content (AvgIpc) is 2.53. The van der Waals surface area contributed by atoms with Crippen molar-refractivity contribution in [2.45, 2.75) is 32.0 Å². The first kappa shape index (κ1) is 17.0. The number of hydrogen-bond donors (Lipinski definition) is 2. The number of nitrogen functional groups attached to an aromatic ring is 1. The monoisotopic (exact) mass is 316 g/mol. The van der Waals surface area contributed by atoms with Crippen LogP contribution >= 0.6 is 0 Å². The highest BCUT2D eigenvalue weighted by atomic mass is 19.1. The number of nitrogens with two attached hydrogens (primary N) is 2. The molecule has 0 aliphatic rings. The number of benzene rings is 2. The Balaban J connectivity index is 1.80. The lowest BCUT2D eigenvalue weighted by Gasteiger charge is -2.14. The van der Waals surface area contributed by atoms with Crippen molar-refractivity contribution in [1.29, 1.82) is 0 Å². The highest BCUT2D eigenvalue weighted by molar-refractivity contribution is 5.78. The zero-order valence-electron chi connectivity index (χ0n) is 12.9. The van der Waals surface area contributed by atoms with Gasteiger partial charge in [0.15, 0.2) is 0 Å². The van der Waals surface area contributed by atoms with E-state index in [4.69, 9.17) is 16.2 Å². The summed E-state index contributed by atoms with van der Waals surface area (Å²) in [6, 6.07) is 13.6. The summed E-state index contributed by atoms with van der Waals surface area (Å²) in [5.41, 5.74) is 13.7. The number of hydrogen-bond acceptors (Lipinski definition) is 3. The number of halogens is 1. The molecule has 0 radical (unpaired) electrons. The molecule has 1 amide bonds. The number of ether oxygens (including phenoxy) is 1. The third-order valence-electron chi connectivity index (χ3n) is 3.59. The summed E-state index contributed by atoms with van der Waals surface area (Å²) in [5, 5.41) is 0. The minimum atomic E-state index is -0.645. The molecule has 0 saturated heterocycles. The number of amides is 1. The van der Waals surface area contributed by atoms with Gasteiger partial charge >= 0.3 is 0 Å². The molecule has 2 aromatic rings. The maximum atomic E-state index is 12.8. The zero-order valence-corrected chi connectivity index (χ0v) is 12.9. The Labute approximate surface area is 135 Å². The van der Waals surface area contributed by atoms with Crippen LogP contribution in [0, 0.1) is 5.82 Å². The maximum absolute atomic E-state index is 12.8. The van der Waals surface area contributed by atoms with E-state index in [2.05, 4.69) is 0 Å². The van der Waals surface area contributed by atoms with Crippen molar-refractivity contribution < 1.29 is 13.9 Å². The summed E-state index contributed by atoms with van der Waals surface area (Å²) in [4.78, 5) is 11.5. The Morgan fingerprint density at radius 1 is 1.04 bits per heavy atom. The Hall–Kier alpha value is -2.40. The van der Waals surface area contributed by atoms with Gasteiger partial charge in [-0.3, -0.25) is 4.79 Å². The van der Waals surface area contributed by atoms with Crippen molar-refractivity contribution in [1.82, 2.24) is 0 Å². The van der Waals surface area contributed by atoms with E-state index in [1.807, 2.05) is 24.3 Å². The molecule has 2 aromatic carbocycles. The topological polar surface area (TPSA) is 78.3 Å². The van der Waals surface area contributed by atoms with Gasteiger partial charge in [0.25, 0.3) is 0 Å². The van der Waals surface area contributed by atoms with Crippen LogP contribution in [0.2, 0.25) is 0 Å². The summed E-state index contributed by atoms with van der Waals surface area (Å²) in [7, 11) is 0. The van der Waals surface area contributed by atoms with E-state index >= 15 is 0 Å². The van der Waals surface area contributed by atoms with Crippen LogP contribution in [0.25, 0.3) is 0 Å². The van der Waals surface area contributed by atoms with Gasteiger partial charge in [-0.05, 0) is 54.7 Å². The van der Waals surface area contributed by atoms with Gasteiger partial charge < -0.3 is 16.2 Å². The quantitative estimate of drug-likeness (QED) is 0.735. The first-order valence-electron chi connectivity index (χ1n) is 7.54. The van der Waals surface area contributed by atoms with Gasteiger partial charge in [-0.2, -0.15) is 0 Å². The van der Waals surface area contributed by atoms with E-state index in [1.54, 1.807) is 12.1 Å². The molecule has 4 N–H and O–H groups in total. The molecule has 5 heteroatoms. The minimum absolute atomic E-state index is 0.232. The van der Waals surface area contributed by atoms with Crippen LogP contribution in [0.5, 0.6) is 0 Å². The molecule has 122 valence electrons. The van der Waals surface area contributed by atoms with E-state index in [0.717, 1.165) is 29.7 Å². The smallest absolute Gasteiger partial charge is 0.246 e. The Morgan fingerprint density at radius 2 is 1.65 bits per heavy atom. The van der Waals surface area contributed by atoms with E-state index < -0.39 is 12.0 Å². The fourth-order valence-corrected chi connectivity index (χ4v) is 2.26. The maximum Gasteiger partial charge on any atom is 0.246 e. The van der Waals surface area contributed by atoms with Crippen LogP contribution in [-0.4, -0.2) is 12.0 Å². The van der Waals surface area contributed by atoms with E-state index in [1.165, 1.54) is 12.1 Å². The Morgan fingerprint density at radius 3 is 2.26 bits per heavy atom. The lowest BCUT2D eigenvalue weighted by atomic mass is 10.1. The Bertz CT molecular complexity index is 626. The molecule has 0 spiro atoms. The molecule has 1 unspecified atom stereocenters. The standard InChI is InChI=1S/C18H21FN2O2/c19-15-8-4-14(5-9-15)12-23-17(18(21)22)3-1-2-13-6-10-16(20)11-7-13/h4-11,17H,1-3,12,20H2,(H2,21,22). The molecular weight excluding hydrogens is 295 g/mol. The van der Waals surface area contributed by atoms with Crippen molar-refractivity contribution in [3.05, 3.63) is 65.5 Å². The summed E-state index contributed by atoms with van der Waals surface area (Å²) in [6.07, 6.45) is 1.50. The second-order valence-electron chi connectivity index (χ2n) is 5.46. The molecule has 0 aliphatic carbocycles. The van der Waals surface area contributed by atoms with Crippen molar-refractivity contribution >= 4 is 11.6 Å². The fourth-order valence-electron chi connectivity index (χ4n) is 2.26. The third-order valence-corrected chi connectivity index (χ3v) is 3.59. The number of aryl methyl sites for hydroxylation is 1. The molecule has 0 fully saturated rings. The predicted octanol–water partition coefficient (Wildman–Crippen LogP) is 2.80. The van der Waals surface area contributed by atoms with Gasteiger partial charge in [-0.25, -0.2) is 4.39 Å². The SMILES string of the molecule is NC(=O)C(CCCc1ccc(N)cc1)OCc1ccc(F)cc1. The summed E-state index contributed by atoms with van der Waals surface area (Å²) in [5.74, 6) is -0.784. The van der Waals surface area contributed by atoms with E-state index in [0.29, 0.717) is 6.42 Å². The highest BCUT2D eigenvalue weighted by Gasteiger charge is 2.15. The van der Waals surface area contributed by atoms with Crippen LogP contribution in [-0.2, 0) is 22.6 Å². The summed E-state index contributed by atoms with van der Waals surface area (Å²) in [6.45, 7) is 0.232.